The van der Waals surface area contributed by atoms with Crippen LogP contribution in [0.1, 0.15) is 13.8 Å². The molecule has 0 atom stereocenters. The zero-order valence-electron chi connectivity index (χ0n) is 9.68. The van der Waals surface area contributed by atoms with Gasteiger partial charge in [-0.3, -0.25) is 10.1 Å². The van der Waals surface area contributed by atoms with E-state index >= 15 is 0 Å². The number of aromatic nitrogens is 1. The standard InChI is InChI=1S/C12H13BrN2O2/c1-8(2)6-14-7-11(13)10-4-3-9(15(16)17)5-12(10)14/h3-5,7-8H,6H2,1-2H3. The summed E-state index contributed by atoms with van der Waals surface area (Å²) in [5.41, 5.74) is 1.04. The highest BCUT2D eigenvalue weighted by Crippen LogP contribution is 2.29. The fourth-order valence-corrected chi connectivity index (χ4v) is 2.48. The summed E-state index contributed by atoms with van der Waals surface area (Å²) in [7, 11) is 0. The van der Waals surface area contributed by atoms with Crippen molar-refractivity contribution in [1.29, 1.82) is 0 Å². The first-order chi connectivity index (χ1) is 7.99. The second kappa shape index (κ2) is 4.49. The van der Waals surface area contributed by atoms with E-state index in [1.54, 1.807) is 12.1 Å². The summed E-state index contributed by atoms with van der Waals surface area (Å²) in [5.74, 6) is 0.497. The van der Waals surface area contributed by atoms with Crippen LogP contribution in [0, 0.1) is 16.0 Å². The molecule has 0 aliphatic carbocycles. The van der Waals surface area contributed by atoms with Crippen LogP contribution in [0.25, 0.3) is 10.9 Å². The lowest BCUT2D eigenvalue weighted by Crippen LogP contribution is -2.02. The number of non-ortho nitro benzene ring substituents is 1. The van der Waals surface area contributed by atoms with Crippen LogP contribution in [-0.4, -0.2) is 9.49 Å². The Morgan fingerprint density at radius 3 is 2.76 bits per heavy atom. The topological polar surface area (TPSA) is 48.1 Å². The normalized spacial score (nSPS) is 11.3. The van der Waals surface area contributed by atoms with Gasteiger partial charge in [-0.25, -0.2) is 0 Å². The Balaban J connectivity index is 2.60. The molecule has 2 aromatic rings. The summed E-state index contributed by atoms with van der Waals surface area (Å²) in [4.78, 5) is 10.4. The molecule has 0 spiro atoms. The van der Waals surface area contributed by atoms with Crippen molar-refractivity contribution in [3.05, 3.63) is 39.0 Å². The lowest BCUT2D eigenvalue weighted by Gasteiger charge is -2.07. The molecule has 0 radical (unpaired) electrons. The van der Waals surface area contributed by atoms with E-state index < -0.39 is 0 Å². The molecule has 1 heterocycles. The third-order valence-electron chi connectivity index (χ3n) is 2.59. The first-order valence-corrected chi connectivity index (χ1v) is 6.21. The lowest BCUT2D eigenvalue weighted by atomic mass is 10.2. The number of fused-ring (bicyclic) bond motifs is 1. The molecule has 0 fully saturated rings. The largest absolute Gasteiger partial charge is 0.346 e. The molecule has 2 rings (SSSR count). The van der Waals surface area contributed by atoms with Gasteiger partial charge in [-0.05, 0) is 27.9 Å². The second-order valence-corrected chi connectivity index (χ2v) is 5.34. The van der Waals surface area contributed by atoms with Crippen molar-refractivity contribution in [2.24, 2.45) is 5.92 Å². The summed E-state index contributed by atoms with van der Waals surface area (Å²) in [6.45, 7) is 5.09. The number of nitro benzene ring substituents is 1. The fraction of sp³-hybridized carbons (Fsp3) is 0.333. The van der Waals surface area contributed by atoms with Crippen molar-refractivity contribution >= 4 is 32.5 Å². The van der Waals surface area contributed by atoms with Crippen LogP contribution in [0.3, 0.4) is 0 Å². The van der Waals surface area contributed by atoms with Gasteiger partial charge in [-0.2, -0.15) is 0 Å². The summed E-state index contributed by atoms with van der Waals surface area (Å²) in [6.07, 6.45) is 1.98. The quantitative estimate of drug-likeness (QED) is 0.635. The third kappa shape index (κ3) is 2.34. The molecule has 5 heteroatoms. The highest BCUT2D eigenvalue weighted by molar-refractivity contribution is 9.10. The van der Waals surface area contributed by atoms with E-state index in [4.69, 9.17) is 0 Å². The van der Waals surface area contributed by atoms with Crippen LogP contribution in [0.5, 0.6) is 0 Å². The predicted octanol–water partition coefficient (Wildman–Crippen LogP) is 3.97. The number of hydrogen-bond donors (Lipinski definition) is 0. The first-order valence-electron chi connectivity index (χ1n) is 5.42. The number of rotatable bonds is 3. The first kappa shape index (κ1) is 12.1. The van der Waals surface area contributed by atoms with E-state index in [0.29, 0.717) is 5.92 Å². The minimum atomic E-state index is -0.361. The van der Waals surface area contributed by atoms with Crippen LogP contribution < -0.4 is 0 Å². The van der Waals surface area contributed by atoms with E-state index in [9.17, 15) is 10.1 Å². The maximum absolute atomic E-state index is 10.8. The van der Waals surface area contributed by atoms with Crippen molar-refractivity contribution in [2.45, 2.75) is 20.4 Å². The average Bonchev–Trinajstić information content (AvgIpc) is 2.54. The monoisotopic (exact) mass is 296 g/mol. The van der Waals surface area contributed by atoms with Crippen molar-refractivity contribution in [3.8, 4) is 0 Å². The van der Waals surface area contributed by atoms with Gasteiger partial charge in [0.2, 0.25) is 0 Å². The summed E-state index contributed by atoms with van der Waals surface area (Å²) in [6, 6.07) is 4.95. The molecule has 17 heavy (non-hydrogen) atoms. The van der Waals surface area contributed by atoms with Crippen molar-refractivity contribution in [2.75, 3.05) is 0 Å². The van der Waals surface area contributed by atoms with Gasteiger partial charge in [-0.1, -0.05) is 13.8 Å². The Hall–Kier alpha value is -1.36. The number of hydrogen-bond acceptors (Lipinski definition) is 2. The van der Waals surface area contributed by atoms with Crippen LogP contribution in [0.4, 0.5) is 5.69 Å². The highest BCUT2D eigenvalue weighted by Gasteiger charge is 2.12. The minimum Gasteiger partial charge on any atom is -0.346 e. The molecule has 0 amide bonds. The molecule has 0 aliphatic heterocycles. The molecule has 0 bridgehead atoms. The zero-order chi connectivity index (χ0) is 12.6. The van der Waals surface area contributed by atoms with E-state index in [1.165, 1.54) is 6.07 Å². The van der Waals surface area contributed by atoms with Gasteiger partial charge in [0.05, 0.1) is 10.4 Å². The Morgan fingerprint density at radius 2 is 2.18 bits per heavy atom. The molecule has 0 unspecified atom stereocenters. The molecule has 0 aliphatic rings. The van der Waals surface area contributed by atoms with Gasteiger partial charge >= 0.3 is 0 Å². The van der Waals surface area contributed by atoms with Crippen LogP contribution in [-0.2, 0) is 6.54 Å². The molecular weight excluding hydrogens is 284 g/mol. The van der Waals surface area contributed by atoms with E-state index in [-0.39, 0.29) is 10.6 Å². The molecule has 1 aromatic heterocycles. The van der Waals surface area contributed by atoms with Crippen molar-refractivity contribution in [3.63, 3.8) is 0 Å². The Kier molecular flexibility index (Phi) is 3.19. The van der Waals surface area contributed by atoms with Gasteiger partial charge in [0.25, 0.3) is 5.69 Å². The summed E-state index contributed by atoms with van der Waals surface area (Å²) < 4.78 is 3.03. The van der Waals surface area contributed by atoms with Crippen LogP contribution in [0.15, 0.2) is 28.9 Å². The Morgan fingerprint density at radius 1 is 1.47 bits per heavy atom. The third-order valence-corrected chi connectivity index (χ3v) is 3.22. The fourth-order valence-electron chi connectivity index (χ4n) is 1.89. The molecule has 0 N–H and O–H groups in total. The number of nitrogens with zero attached hydrogens (tertiary/aromatic N) is 2. The maximum atomic E-state index is 10.8. The Labute approximate surface area is 108 Å². The van der Waals surface area contributed by atoms with Gasteiger partial charge in [0.15, 0.2) is 0 Å². The lowest BCUT2D eigenvalue weighted by molar-refractivity contribution is -0.384. The van der Waals surface area contributed by atoms with Crippen LogP contribution in [0.2, 0.25) is 0 Å². The van der Waals surface area contributed by atoms with E-state index in [0.717, 1.165) is 21.9 Å². The smallest absolute Gasteiger partial charge is 0.271 e. The predicted molar refractivity (Wildman–Crippen MR) is 71.1 cm³/mol. The average molecular weight is 297 g/mol. The molecule has 90 valence electrons. The second-order valence-electron chi connectivity index (χ2n) is 4.48. The van der Waals surface area contributed by atoms with Gasteiger partial charge < -0.3 is 4.57 Å². The number of nitro groups is 1. The van der Waals surface area contributed by atoms with E-state index in [2.05, 4.69) is 34.3 Å². The van der Waals surface area contributed by atoms with Crippen molar-refractivity contribution in [1.82, 2.24) is 4.57 Å². The van der Waals surface area contributed by atoms with E-state index in [1.807, 2.05) is 6.20 Å². The Bertz CT molecular complexity index is 575. The molecule has 4 nitrogen and oxygen atoms in total. The van der Waals surface area contributed by atoms with Gasteiger partial charge in [-0.15, -0.1) is 0 Å². The van der Waals surface area contributed by atoms with Gasteiger partial charge in [0.1, 0.15) is 0 Å². The van der Waals surface area contributed by atoms with Gasteiger partial charge in [0, 0.05) is 34.7 Å². The molecular formula is C12H13BrN2O2. The summed E-state index contributed by atoms with van der Waals surface area (Å²) >= 11 is 3.48. The highest BCUT2D eigenvalue weighted by atomic mass is 79.9. The molecule has 0 saturated heterocycles. The molecule has 1 aromatic carbocycles. The van der Waals surface area contributed by atoms with Crippen molar-refractivity contribution < 1.29 is 4.92 Å². The minimum absolute atomic E-state index is 0.133. The summed E-state index contributed by atoms with van der Waals surface area (Å²) in [5, 5.41) is 11.8. The maximum Gasteiger partial charge on any atom is 0.271 e. The molecule has 0 saturated carbocycles. The SMILES string of the molecule is CC(C)Cn1cc(Br)c2ccc([N+](=O)[O-])cc21. The number of benzene rings is 1. The zero-order valence-corrected chi connectivity index (χ0v) is 11.3. The van der Waals surface area contributed by atoms with Crippen LogP contribution >= 0.6 is 15.9 Å². The number of halogens is 1.